The number of carbonyl (C=O) groups is 1. The molecule has 0 bridgehead atoms. The lowest BCUT2D eigenvalue weighted by molar-refractivity contribution is 0.0996. The summed E-state index contributed by atoms with van der Waals surface area (Å²) in [6.07, 6.45) is 0. The fourth-order valence-corrected chi connectivity index (χ4v) is 2.46. The van der Waals surface area contributed by atoms with Gasteiger partial charge in [-0.2, -0.15) is 0 Å². The van der Waals surface area contributed by atoms with Crippen molar-refractivity contribution in [2.45, 2.75) is 0 Å². The minimum Gasteiger partial charge on any atom is -0.320 e. The largest absolute Gasteiger partial charge is 0.320 e. The molecule has 0 unspecified atom stereocenters. The van der Waals surface area contributed by atoms with E-state index in [0.29, 0.717) is 4.88 Å². The molecule has 0 saturated heterocycles. The predicted octanol–water partition coefficient (Wildman–Crippen LogP) is 2.33. The van der Waals surface area contributed by atoms with Gasteiger partial charge >= 0.3 is 0 Å². The Morgan fingerprint density at radius 2 is 2.05 bits per heavy atom. The summed E-state index contributed by atoms with van der Waals surface area (Å²) in [4.78, 5) is 14.7. The zero-order chi connectivity index (χ0) is 13.7. The number of amides is 1. The van der Waals surface area contributed by atoms with Crippen LogP contribution >= 0.6 is 11.3 Å². The molecule has 4 heteroatoms. The van der Waals surface area contributed by atoms with Gasteiger partial charge in [0.15, 0.2) is 0 Å². The van der Waals surface area contributed by atoms with Crippen molar-refractivity contribution in [3.63, 3.8) is 0 Å². The average Bonchev–Trinajstić information content (AvgIpc) is 2.92. The van der Waals surface area contributed by atoms with Crippen LogP contribution in [0.3, 0.4) is 0 Å². The van der Waals surface area contributed by atoms with E-state index in [1.807, 2.05) is 41.8 Å². The predicted molar refractivity (Wildman–Crippen MR) is 79.4 cm³/mol. The summed E-state index contributed by atoms with van der Waals surface area (Å²) in [7, 11) is 1.76. The maximum Gasteiger partial charge on any atom is 0.269 e. The number of benzene rings is 1. The number of anilines is 1. The molecule has 0 atom stereocenters. The van der Waals surface area contributed by atoms with Crippen LogP contribution < -0.4 is 10.6 Å². The molecule has 0 saturated carbocycles. The average molecular weight is 270 g/mol. The minimum absolute atomic E-state index is 0.0532. The first-order chi connectivity index (χ1) is 9.24. The van der Waals surface area contributed by atoms with Crippen LogP contribution in [-0.4, -0.2) is 19.5 Å². The molecule has 1 aromatic carbocycles. The Balaban J connectivity index is 2.28. The molecule has 2 N–H and O–H groups in total. The quantitative estimate of drug-likeness (QED) is 0.851. The minimum atomic E-state index is -0.0532. The molecule has 0 aliphatic carbocycles. The van der Waals surface area contributed by atoms with E-state index in [2.05, 4.69) is 11.8 Å². The lowest BCUT2D eigenvalue weighted by Gasteiger charge is -2.16. The van der Waals surface area contributed by atoms with Crippen LogP contribution in [0.1, 0.15) is 15.2 Å². The molecule has 0 radical (unpaired) electrons. The zero-order valence-corrected chi connectivity index (χ0v) is 11.4. The van der Waals surface area contributed by atoms with E-state index in [9.17, 15) is 4.79 Å². The highest BCUT2D eigenvalue weighted by atomic mass is 32.1. The summed E-state index contributed by atoms with van der Waals surface area (Å²) in [5.74, 6) is 5.65. The lowest BCUT2D eigenvalue weighted by atomic mass is 10.2. The van der Waals surface area contributed by atoms with E-state index in [4.69, 9.17) is 5.73 Å². The van der Waals surface area contributed by atoms with Gasteiger partial charge in [0, 0.05) is 18.3 Å². The Labute approximate surface area is 116 Å². The van der Waals surface area contributed by atoms with Crippen molar-refractivity contribution in [2.75, 3.05) is 18.5 Å². The number of carbonyl (C=O) groups excluding carboxylic acids is 1. The van der Waals surface area contributed by atoms with Crippen LogP contribution in [0.4, 0.5) is 5.69 Å². The van der Waals surface area contributed by atoms with Gasteiger partial charge in [-0.3, -0.25) is 4.79 Å². The SMILES string of the molecule is CN(C(=O)c1sccc1C#CCN)c1ccccc1. The molecule has 3 nitrogen and oxygen atoms in total. The van der Waals surface area contributed by atoms with Gasteiger partial charge in [-0.15, -0.1) is 11.3 Å². The van der Waals surface area contributed by atoms with Gasteiger partial charge in [0.2, 0.25) is 0 Å². The monoisotopic (exact) mass is 270 g/mol. The molecule has 2 rings (SSSR count). The normalized spacial score (nSPS) is 9.58. The first-order valence-corrected chi connectivity index (χ1v) is 6.71. The maximum atomic E-state index is 12.4. The topological polar surface area (TPSA) is 46.3 Å². The summed E-state index contributed by atoms with van der Waals surface area (Å²) in [5.41, 5.74) is 6.96. The summed E-state index contributed by atoms with van der Waals surface area (Å²) in [6, 6.07) is 11.4. The van der Waals surface area contributed by atoms with Crippen molar-refractivity contribution < 1.29 is 4.79 Å². The third-order valence-corrected chi connectivity index (χ3v) is 3.54. The summed E-state index contributed by atoms with van der Waals surface area (Å²) >= 11 is 1.40. The van der Waals surface area contributed by atoms with E-state index < -0.39 is 0 Å². The molecular weight excluding hydrogens is 256 g/mol. The van der Waals surface area contributed by atoms with Crippen LogP contribution in [-0.2, 0) is 0 Å². The third kappa shape index (κ3) is 3.02. The number of thiophene rings is 1. The Kier molecular flexibility index (Phi) is 4.35. The van der Waals surface area contributed by atoms with Gasteiger partial charge in [0.25, 0.3) is 5.91 Å². The van der Waals surface area contributed by atoms with E-state index in [1.54, 1.807) is 11.9 Å². The number of hydrogen-bond acceptors (Lipinski definition) is 3. The number of para-hydroxylation sites is 1. The number of nitrogens with zero attached hydrogens (tertiary/aromatic N) is 1. The van der Waals surface area contributed by atoms with Crippen LogP contribution in [0, 0.1) is 11.8 Å². The molecule has 19 heavy (non-hydrogen) atoms. The summed E-state index contributed by atoms with van der Waals surface area (Å²) < 4.78 is 0. The Morgan fingerprint density at radius 3 is 2.74 bits per heavy atom. The van der Waals surface area contributed by atoms with Gasteiger partial charge in [0.05, 0.1) is 6.54 Å². The number of rotatable bonds is 2. The molecule has 0 spiro atoms. The van der Waals surface area contributed by atoms with Crippen molar-refractivity contribution in [3.8, 4) is 11.8 Å². The fraction of sp³-hybridized carbons (Fsp3) is 0.133. The Morgan fingerprint density at radius 1 is 1.32 bits per heavy atom. The van der Waals surface area contributed by atoms with Gasteiger partial charge in [0.1, 0.15) is 4.88 Å². The molecular formula is C15H14N2OS. The van der Waals surface area contributed by atoms with E-state index >= 15 is 0 Å². The van der Waals surface area contributed by atoms with Crippen molar-refractivity contribution in [3.05, 3.63) is 52.2 Å². The van der Waals surface area contributed by atoms with Crippen LogP contribution in [0.25, 0.3) is 0 Å². The zero-order valence-electron chi connectivity index (χ0n) is 10.6. The van der Waals surface area contributed by atoms with Crippen LogP contribution in [0.2, 0.25) is 0 Å². The Bertz CT molecular complexity index is 622. The van der Waals surface area contributed by atoms with Crippen molar-refractivity contribution in [1.29, 1.82) is 0 Å². The molecule has 0 aliphatic rings. The van der Waals surface area contributed by atoms with Crippen LogP contribution in [0.15, 0.2) is 41.8 Å². The molecule has 1 heterocycles. The highest BCUT2D eigenvalue weighted by Crippen LogP contribution is 2.21. The van der Waals surface area contributed by atoms with Gasteiger partial charge in [-0.05, 0) is 23.6 Å². The van der Waals surface area contributed by atoms with E-state index in [-0.39, 0.29) is 12.5 Å². The van der Waals surface area contributed by atoms with Crippen molar-refractivity contribution in [2.24, 2.45) is 5.73 Å². The van der Waals surface area contributed by atoms with Gasteiger partial charge in [-0.25, -0.2) is 0 Å². The fourth-order valence-electron chi connectivity index (χ4n) is 1.64. The van der Waals surface area contributed by atoms with E-state index in [1.165, 1.54) is 11.3 Å². The summed E-state index contributed by atoms with van der Waals surface area (Å²) in [6.45, 7) is 0.290. The third-order valence-electron chi connectivity index (χ3n) is 2.63. The lowest BCUT2D eigenvalue weighted by Crippen LogP contribution is -2.25. The molecule has 1 aromatic heterocycles. The first-order valence-electron chi connectivity index (χ1n) is 5.83. The van der Waals surface area contributed by atoms with Gasteiger partial charge in [-0.1, -0.05) is 30.0 Å². The summed E-state index contributed by atoms with van der Waals surface area (Å²) in [5, 5.41) is 1.87. The molecule has 0 aliphatic heterocycles. The highest BCUT2D eigenvalue weighted by Gasteiger charge is 2.17. The van der Waals surface area contributed by atoms with Gasteiger partial charge < -0.3 is 10.6 Å². The van der Waals surface area contributed by atoms with Crippen LogP contribution in [0.5, 0.6) is 0 Å². The van der Waals surface area contributed by atoms with Crippen molar-refractivity contribution in [1.82, 2.24) is 0 Å². The highest BCUT2D eigenvalue weighted by molar-refractivity contribution is 7.12. The second-order valence-electron chi connectivity index (χ2n) is 3.87. The first kappa shape index (κ1) is 13.3. The second-order valence-corrected chi connectivity index (χ2v) is 4.79. The standard InChI is InChI=1S/C15H14N2OS/c1-17(13-7-3-2-4-8-13)15(18)14-12(6-5-10-16)9-11-19-14/h2-4,7-9,11H,10,16H2,1H3. The molecule has 96 valence electrons. The van der Waals surface area contributed by atoms with Crippen molar-refractivity contribution >= 4 is 22.9 Å². The molecule has 2 aromatic rings. The maximum absolute atomic E-state index is 12.4. The molecule has 1 amide bonds. The smallest absolute Gasteiger partial charge is 0.269 e. The number of nitrogens with two attached hydrogens (primary N) is 1. The molecule has 0 fully saturated rings. The Hall–Kier alpha value is -2.09. The second kappa shape index (κ2) is 6.19. The van der Waals surface area contributed by atoms with E-state index in [0.717, 1.165) is 11.3 Å². The number of hydrogen-bond donors (Lipinski definition) is 1.